The predicted molar refractivity (Wildman–Crippen MR) is 78.2 cm³/mol. The molecule has 0 radical (unpaired) electrons. The number of carbonyl (C=O) groups excluding carboxylic acids is 1. The van der Waals surface area contributed by atoms with Gasteiger partial charge in [0.2, 0.25) is 0 Å². The molecule has 1 aliphatic carbocycles. The summed E-state index contributed by atoms with van der Waals surface area (Å²) in [6, 6.07) is 10.8. The number of ether oxygens (including phenoxy) is 1. The molecule has 106 valence electrons. The molecule has 1 aromatic carbocycles. The molecule has 3 rings (SSSR count). The standard InChI is InChI=1S/C17H21NO2/c1-3-20-17(19)16-14-9-10-15(11-14)18(16)12(2)13-7-5-4-6-8-13/h4-10,12,14-16H,3,11H2,1-2H3/t12-,14?,15?,16+/m1/s1. The van der Waals surface area contributed by atoms with E-state index in [2.05, 4.69) is 48.2 Å². The van der Waals surface area contributed by atoms with Crippen molar-refractivity contribution in [2.45, 2.75) is 38.4 Å². The van der Waals surface area contributed by atoms with Gasteiger partial charge in [0.15, 0.2) is 0 Å². The average Bonchev–Trinajstić information content (AvgIpc) is 3.08. The van der Waals surface area contributed by atoms with Gasteiger partial charge in [-0.15, -0.1) is 0 Å². The molecule has 3 heteroatoms. The molecule has 20 heavy (non-hydrogen) atoms. The maximum atomic E-state index is 12.3. The number of hydrogen-bond acceptors (Lipinski definition) is 3. The van der Waals surface area contributed by atoms with Crippen LogP contribution in [0.2, 0.25) is 0 Å². The second-order valence-electron chi connectivity index (χ2n) is 5.58. The SMILES string of the molecule is CCOC(=O)[C@@H]1C2C=CC(C2)N1[C@H](C)c1ccccc1. The van der Waals surface area contributed by atoms with Gasteiger partial charge in [-0.05, 0) is 25.8 Å². The lowest BCUT2D eigenvalue weighted by atomic mass is 9.99. The number of hydrogen-bond donors (Lipinski definition) is 0. The normalized spacial score (nSPS) is 29.6. The first kappa shape index (κ1) is 13.4. The van der Waals surface area contributed by atoms with Crippen molar-refractivity contribution >= 4 is 5.97 Å². The van der Waals surface area contributed by atoms with E-state index in [1.807, 2.05) is 13.0 Å². The molecule has 1 aromatic rings. The molecule has 2 unspecified atom stereocenters. The van der Waals surface area contributed by atoms with Crippen LogP contribution >= 0.6 is 0 Å². The zero-order valence-electron chi connectivity index (χ0n) is 12.0. The van der Waals surface area contributed by atoms with Gasteiger partial charge in [-0.3, -0.25) is 9.69 Å². The molecular formula is C17H21NO2. The number of rotatable bonds is 4. The van der Waals surface area contributed by atoms with Crippen LogP contribution in [0.15, 0.2) is 42.5 Å². The van der Waals surface area contributed by atoms with Gasteiger partial charge >= 0.3 is 5.97 Å². The van der Waals surface area contributed by atoms with E-state index in [1.165, 1.54) is 5.56 Å². The topological polar surface area (TPSA) is 29.5 Å². The lowest BCUT2D eigenvalue weighted by molar-refractivity contribution is -0.150. The van der Waals surface area contributed by atoms with Crippen molar-refractivity contribution in [1.29, 1.82) is 0 Å². The Hall–Kier alpha value is -1.61. The summed E-state index contributed by atoms with van der Waals surface area (Å²) in [5.41, 5.74) is 1.25. The fraction of sp³-hybridized carbons (Fsp3) is 0.471. The number of esters is 1. The van der Waals surface area contributed by atoms with Crippen molar-refractivity contribution < 1.29 is 9.53 Å². The van der Waals surface area contributed by atoms with Crippen molar-refractivity contribution in [3.63, 3.8) is 0 Å². The van der Waals surface area contributed by atoms with Gasteiger partial charge in [-0.25, -0.2) is 0 Å². The summed E-state index contributed by atoms with van der Waals surface area (Å²) in [5, 5.41) is 0. The van der Waals surface area contributed by atoms with E-state index in [4.69, 9.17) is 4.74 Å². The second kappa shape index (κ2) is 5.41. The molecular weight excluding hydrogens is 250 g/mol. The molecule has 0 aromatic heterocycles. The molecule has 2 bridgehead atoms. The van der Waals surface area contributed by atoms with Crippen LogP contribution in [0, 0.1) is 5.92 Å². The third-order valence-electron chi connectivity index (χ3n) is 4.46. The quantitative estimate of drug-likeness (QED) is 0.623. The van der Waals surface area contributed by atoms with Gasteiger partial charge in [0.05, 0.1) is 6.61 Å². The Labute approximate surface area is 120 Å². The van der Waals surface area contributed by atoms with Gasteiger partial charge < -0.3 is 4.74 Å². The highest BCUT2D eigenvalue weighted by Gasteiger charge is 2.49. The van der Waals surface area contributed by atoms with Crippen LogP contribution in [0.3, 0.4) is 0 Å². The van der Waals surface area contributed by atoms with E-state index in [0.29, 0.717) is 18.6 Å². The zero-order chi connectivity index (χ0) is 14.1. The predicted octanol–water partition coefficient (Wildman–Crippen LogP) is 2.94. The van der Waals surface area contributed by atoms with Crippen LogP contribution in [0.1, 0.15) is 31.9 Å². The minimum absolute atomic E-state index is 0.0767. The third kappa shape index (κ3) is 2.16. The van der Waals surface area contributed by atoms with Crippen LogP contribution in [0.5, 0.6) is 0 Å². The maximum Gasteiger partial charge on any atom is 0.323 e. The molecule has 1 aliphatic heterocycles. The van der Waals surface area contributed by atoms with Crippen LogP contribution in [-0.4, -0.2) is 29.6 Å². The monoisotopic (exact) mass is 271 g/mol. The molecule has 0 amide bonds. The van der Waals surface area contributed by atoms with E-state index >= 15 is 0 Å². The number of benzene rings is 1. The van der Waals surface area contributed by atoms with E-state index in [0.717, 1.165) is 6.42 Å². The van der Waals surface area contributed by atoms with Gasteiger partial charge in [-0.1, -0.05) is 42.5 Å². The third-order valence-corrected chi connectivity index (χ3v) is 4.46. The van der Waals surface area contributed by atoms with Crippen LogP contribution in [0.4, 0.5) is 0 Å². The Bertz CT molecular complexity index is 511. The number of carbonyl (C=O) groups is 1. The molecule has 0 spiro atoms. The van der Waals surface area contributed by atoms with Gasteiger partial charge in [0.25, 0.3) is 0 Å². The van der Waals surface area contributed by atoms with E-state index < -0.39 is 0 Å². The Morgan fingerprint density at radius 1 is 1.35 bits per heavy atom. The van der Waals surface area contributed by atoms with Crippen LogP contribution < -0.4 is 0 Å². The van der Waals surface area contributed by atoms with Crippen LogP contribution in [-0.2, 0) is 9.53 Å². The van der Waals surface area contributed by atoms with Crippen molar-refractivity contribution in [3.05, 3.63) is 48.0 Å². The molecule has 3 nitrogen and oxygen atoms in total. The average molecular weight is 271 g/mol. The summed E-state index contributed by atoms with van der Waals surface area (Å²) in [5.74, 6) is 0.234. The highest BCUT2D eigenvalue weighted by Crippen LogP contribution is 2.42. The Balaban J connectivity index is 1.87. The van der Waals surface area contributed by atoms with Crippen molar-refractivity contribution in [1.82, 2.24) is 4.90 Å². The largest absolute Gasteiger partial charge is 0.465 e. The lowest BCUT2D eigenvalue weighted by Gasteiger charge is -2.36. The summed E-state index contributed by atoms with van der Waals surface area (Å²) < 4.78 is 5.28. The number of nitrogens with zero attached hydrogens (tertiary/aromatic N) is 1. The Morgan fingerprint density at radius 3 is 2.80 bits per heavy atom. The Kier molecular flexibility index (Phi) is 3.62. The van der Waals surface area contributed by atoms with Crippen molar-refractivity contribution in [2.24, 2.45) is 5.92 Å². The minimum atomic E-state index is -0.125. The molecule has 0 saturated carbocycles. The Morgan fingerprint density at radius 2 is 2.10 bits per heavy atom. The summed E-state index contributed by atoms with van der Waals surface area (Å²) in [6.07, 6.45) is 5.46. The minimum Gasteiger partial charge on any atom is -0.465 e. The molecule has 0 N–H and O–H groups in total. The first-order valence-electron chi connectivity index (χ1n) is 7.39. The smallest absolute Gasteiger partial charge is 0.323 e. The van der Waals surface area contributed by atoms with E-state index in [-0.39, 0.29) is 18.1 Å². The molecule has 2 aliphatic rings. The lowest BCUT2D eigenvalue weighted by Crippen LogP contribution is -2.46. The molecule has 1 fully saturated rings. The highest BCUT2D eigenvalue weighted by atomic mass is 16.5. The van der Waals surface area contributed by atoms with Crippen molar-refractivity contribution in [2.75, 3.05) is 6.61 Å². The highest BCUT2D eigenvalue weighted by molar-refractivity contribution is 5.77. The summed E-state index contributed by atoms with van der Waals surface area (Å²) in [4.78, 5) is 14.6. The fourth-order valence-electron chi connectivity index (χ4n) is 3.55. The van der Waals surface area contributed by atoms with Gasteiger partial charge in [0.1, 0.15) is 6.04 Å². The zero-order valence-corrected chi connectivity index (χ0v) is 12.0. The number of fused-ring (bicyclic) bond motifs is 2. The first-order chi connectivity index (χ1) is 9.72. The summed E-state index contributed by atoms with van der Waals surface area (Å²) in [7, 11) is 0. The van der Waals surface area contributed by atoms with Gasteiger partial charge in [-0.2, -0.15) is 0 Å². The van der Waals surface area contributed by atoms with Crippen LogP contribution in [0.25, 0.3) is 0 Å². The summed E-state index contributed by atoms with van der Waals surface area (Å²) in [6.45, 7) is 4.49. The maximum absolute atomic E-state index is 12.3. The molecule has 1 saturated heterocycles. The molecule has 1 heterocycles. The summed E-state index contributed by atoms with van der Waals surface area (Å²) >= 11 is 0. The first-order valence-corrected chi connectivity index (χ1v) is 7.39. The fourth-order valence-corrected chi connectivity index (χ4v) is 3.55. The van der Waals surface area contributed by atoms with E-state index in [9.17, 15) is 4.79 Å². The van der Waals surface area contributed by atoms with E-state index in [1.54, 1.807) is 0 Å². The number of likely N-dealkylation sites (tertiary alicyclic amines) is 1. The second-order valence-corrected chi connectivity index (χ2v) is 5.58. The van der Waals surface area contributed by atoms with Gasteiger partial charge in [0, 0.05) is 18.0 Å². The molecule has 4 atom stereocenters. The van der Waals surface area contributed by atoms with Crippen molar-refractivity contribution in [3.8, 4) is 0 Å².